The minimum atomic E-state index is -3.47. The van der Waals surface area contributed by atoms with Gasteiger partial charge in [0.2, 0.25) is 10.0 Å². The van der Waals surface area contributed by atoms with Crippen LogP contribution >= 0.6 is 39.1 Å². The predicted octanol–water partition coefficient (Wildman–Crippen LogP) is 2.85. The van der Waals surface area contributed by atoms with Crippen molar-refractivity contribution >= 4 is 54.8 Å². The molecule has 96 valence electrons. The third-order valence-corrected chi connectivity index (χ3v) is 4.28. The summed E-state index contributed by atoms with van der Waals surface area (Å²) in [5.41, 5.74) is 5.45. The molecule has 0 aliphatic rings. The topological polar surface area (TPSA) is 72.2 Å². The Labute approximate surface area is 119 Å². The van der Waals surface area contributed by atoms with Gasteiger partial charge in [-0.3, -0.25) is 4.72 Å². The van der Waals surface area contributed by atoms with Gasteiger partial charge in [0.05, 0.1) is 21.5 Å². The van der Waals surface area contributed by atoms with Crippen molar-refractivity contribution in [2.24, 2.45) is 5.73 Å². The molecule has 0 saturated carbocycles. The van der Waals surface area contributed by atoms with E-state index in [4.69, 9.17) is 28.9 Å². The van der Waals surface area contributed by atoms with Crippen LogP contribution in [0.1, 0.15) is 6.42 Å². The van der Waals surface area contributed by atoms with E-state index in [-0.39, 0.29) is 21.5 Å². The van der Waals surface area contributed by atoms with Crippen LogP contribution in [0, 0.1) is 0 Å². The van der Waals surface area contributed by atoms with Crippen LogP contribution in [0.25, 0.3) is 0 Å². The SMILES string of the molecule is NCCCS(=O)(=O)Nc1c(Cl)cc(Br)cc1Cl. The zero-order chi connectivity index (χ0) is 13.1. The van der Waals surface area contributed by atoms with Crippen molar-refractivity contribution in [3.05, 3.63) is 26.7 Å². The average molecular weight is 362 g/mol. The molecule has 17 heavy (non-hydrogen) atoms. The van der Waals surface area contributed by atoms with Gasteiger partial charge >= 0.3 is 0 Å². The number of hydrogen-bond acceptors (Lipinski definition) is 3. The molecule has 0 aliphatic carbocycles. The first-order valence-electron chi connectivity index (χ1n) is 4.71. The van der Waals surface area contributed by atoms with Gasteiger partial charge in [0.15, 0.2) is 0 Å². The average Bonchev–Trinajstić information content (AvgIpc) is 2.21. The van der Waals surface area contributed by atoms with E-state index in [0.717, 1.165) is 0 Å². The number of nitrogens with one attached hydrogen (secondary N) is 1. The molecule has 0 saturated heterocycles. The highest BCUT2D eigenvalue weighted by atomic mass is 79.9. The van der Waals surface area contributed by atoms with Crippen LogP contribution in [-0.4, -0.2) is 20.7 Å². The van der Waals surface area contributed by atoms with E-state index in [1.807, 2.05) is 0 Å². The lowest BCUT2D eigenvalue weighted by Crippen LogP contribution is -2.19. The third-order valence-electron chi connectivity index (χ3n) is 1.88. The Bertz CT molecular complexity index is 485. The molecule has 8 heteroatoms. The first-order chi connectivity index (χ1) is 7.85. The Morgan fingerprint density at radius 2 is 1.82 bits per heavy atom. The summed E-state index contributed by atoms with van der Waals surface area (Å²) in [6.07, 6.45) is 0.376. The van der Waals surface area contributed by atoms with E-state index in [0.29, 0.717) is 17.4 Å². The summed E-state index contributed by atoms with van der Waals surface area (Å²) in [5, 5.41) is 0.474. The second-order valence-corrected chi connectivity index (χ2v) is 6.88. The normalized spacial score (nSPS) is 11.5. The number of rotatable bonds is 5. The summed E-state index contributed by atoms with van der Waals surface area (Å²) in [5.74, 6) is -0.0633. The molecule has 0 atom stereocenters. The van der Waals surface area contributed by atoms with E-state index in [2.05, 4.69) is 20.7 Å². The number of halogens is 3. The van der Waals surface area contributed by atoms with Crippen molar-refractivity contribution in [1.82, 2.24) is 0 Å². The first kappa shape index (κ1) is 15.0. The van der Waals surface area contributed by atoms with Crippen molar-refractivity contribution in [2.45, 2.75) is 6.42 Å². The van der Waals surface area contributed by atoms with Gasteiger partial charge in [0.25, 0.3) is 0 Å². The van der Waals surface area contributed by atoms with Crippen molar-refractivity contribution < 1.29 is 8.42 Å². The number of benzene rings is 1. The van der Waals surface area contributed by atoms with Crippen molar-refractivity contribution in [1.29, 1.82) is 0 Å². The Balaban J connectivity index is 2.96. The van der Waals surface area contributed by atoms with Gasteiger partial charge in [-0.25, -0.2) is 8.42 Å². The molecular weight excluding hydrogens is 351 g/mol. The quantitative estimate of drug-likeness (QED) is 0.846. The monoisotopic (exact) mass is 360 g/mol. The van der Waals surface area contributed by atoms with E-state index in [9.17, 15) is 8.42 Å². The highest BCUT2D eigenvalue weighted by Crippen LogP contribution is 2.34. The van der Waals surface area contributed by atoms with Crippen LogP contribution in [0.2, 0.25) is 10.0 Å². The smallest absolute Gasteiger partial charge is 0.232 e. The Morgan fingerprint density at radius 3 is 2.29 bits per heavy atom. The fraction of sp³-hybridized carbons (Fsp3) is 0.333. The van der Waals surface area contributed by atoms with Gasteiger partial charge in [-0.05, 0) is 25.1 Å². The maximum atomic E-state index is 11.7. The van der Waals surface area contributed by atoms with Gasteiger partial charge in [-0.1, -0.05) is 39.1 Å². The van der Waals surface area contributed by atoms with E-state index in [1.54, 1.807) is 12.1 Å². The maximum absolute atomic E-state index is 11.7. The van der Waals surface area contributed by atoms with Crippen LogP contribution in [0.4, 0.5) is 5.69 Å². The molecule has 0 unspecified atom stereocenters. The zero-order valence-electron chi connectivity index (χ0n) is 8.71. The van der Waals surface area contributed by atoms with Crippen LogP contribution < -0.4 is 10.5 Å². The standard InChI is InChI=1S/C9H11BrCl2N2O2S/c10-6-4-7(11)9(8(12)5-6)14-17(15,16)3-1-2-13/h4-5,14H,1-3,13H2. The second kappa shape index (κ2) is 6.24. The summed E-state index contributed by atoms with van der Waals surface area (Å²) < 4.78 is 26.3. The molecule has 0 bridgehead atoms. The summed E-state index contributed by atoms with van der Waals surface area (Å²) in [6.45, 7) is 0.308. The van der Waals surface area contributed by atoms with Crippen LogP contribution in [0.3, 0.4) is 0 Å². The maximum Gasteiger partial charge on any atom is 0.232 e. The van der Waals surface area contributed by atoms with Crippen molar-refractivity contribution in [3.63, 3.8) is 0 Å². The fourth-order valence-electron chi connectivity index (χ4n) is 1.12. The Morgan fingerprint density at radius 1 is 1.29 bits per heavy atom. The van der Waals surface area contributed by atoms with Crippen molar-refractivity contribution in [2.75, 3.05) is 17.0 Å². The lowest BCUT2D eigenvalue weighted by molar-refractivity contribution is 0.599. The van der Waals surface area contributed by atoms with Gasteiger partial charge in [-0.15, -0.1) is 0 Å². The highest BCUT2D eigenvalue weighted by molar-refractivity contribution is 9.10. The van der Waals surface area contributed by atoms with Crippen molar-refractivity contribution in [3.8, 4) is 0 Å². The molecule has 1 aromatic rings. The zero-order valence-corrected chi connectivity index (χ0v) is 12.6. The van der Waals surface area contributed by atoms with Crippen LogP contribution in [0.15, 0.2) is 16.6 Å². The molecule has 0 spiro atoms. The molecule has 0 aliphatic heterocycles. The molecule has 1 rings (SSSR count). The summed E-state index contributed by atoms with van der Waals surface area (Å²) in [7, 11) is -3.47. The highest BCUT2D eigenvalue weighted by Gasteiger charge is 2.15. The molecule has 0 fully saturated rings. The Hall–Kier alpha value is -0.0100. The largest absolute Gasteiger partial charge is 0.330 e. The predicted molar refractivity (Wildman–Crippen MR) is 75.2 cm³/mol. The third kappa shape index (κ3) is 4.63. The van der Waals surface area contributed by atoms with Crippen LogP contribution in [0.5, 0.6) is 0 Å². The minimum absolute atomic E-state index is 0.0633. The van der Waals surface area contributed by atoms with Gasteiger partial charge in [0.1, 0.15) is 0 Å². The molecule has 1 aromatic carbocycles. The summed E-state index contributed by atoms with van der Waals surface area (Å²) >= 11 is 15.0. The number of anilines is 1. The summed E-state index contributed by atoms with van der Waals surface area (Å²) in [4.78, 5) is 0. The number of hydrogen-bond donors (Lipinski definition) is 2. The molecule has 3 N–H and O–H groups in total. The van der Waals surface area contributed by atoms with Gasteiger partial charge in [0, 0.05) is 4.47 Å². The van der Waals surface area contributed by atoms with Crippen LogP contribution in [-0.2, 0) is 10.0 Å². The number of nitrogens with two attached hydrogens (primary N) is 1. The minimum Gasteiger partial charge on any atom is -0.330 e. The summed E-state index contributed by atoms with van der Waals surface area (Å²) in [6, 6.07) is 3.13. The lowest BCUT2D eigenvalue weighted by Gasteiger charge is -2.11. The second-order valence-electron chi connectivity index (χ2n) is 3.31. The molecule has 4 nitrogen and oxygen atoms in total. The molecule has 0 amide bonds. The fourth-order valence-corrected chi connectivity index (χ4v) is 3.71. The molecule has 0 heterocycles. The van der Waals surface area contributed by atoms with Gasteiger partial charge < -0.3 is 5.73 Å². The molecule has 0 radical (unpaired) electrons. The first-order valence-corrected chi connectivity index (χ1v) is 7.91. The molecular formula is C9H11BrCl2N2O2S. The van der Waals surface area contributed by atoms with Gasteiger partial charge in [-0.2, -0.15) is 0 Å². The van der Waals surface area contributed by atoms with E-state index >= 15 is 0 Å². The van der Waals surface area contributed by atoms with E-state index in [1.165, 1.54) is 0 Å². The lowest BCUT2D eigenvalue weighted by atomic mass is 10.3. The Kier molecular flexibility index (Phi) is 5.53. The van der Waals surface area contributed by atoms with E-state index < -0.39 is 10.0 Å². The number of sulfonamides is 1. The molecule has 0 aromatic heterocycles.